The second kappa shape index (κ2) is 9.36. The molecule has 0 radical (unpaired) electrons. The number of furan rings is 1. The quantitative estimate of drug-likeness (QED) is 0.714. The molecule has 1 aliphatic heterocycles. The number of carbonyl (C=O) groups excluding carboxylic acids is 1. The van der Waals surface area contributed by atoms with Gasteiger partial charge in [0.15, 0.2) is 0 Å². The highest BCUT2D eigenvalue weighted by Crippen LogP contribution is 2.16. The predicted octanol–water partition coefficient (Wildman–Crippen LogP) is 3.29. The van der Waals surface area contributed by atoms with Crippen LogP contribution in [0.4, 0.5) is 0 Å². The molecule has 1 fully saturated rings. The highest BCUT2D eigenvalue weighted by atomic mass is 16.5. The first kappa shape index (κ1) is 18.4. The molecule has 0 unspecified atom stereocenters. The lowest BCUT2D eigenvalue weighted by molar-refractivity contribution is 0.0520. The highest BCUT2D eigenvalue weighted by molar-refractivity contribution is 5.90. The van der Waals surface area contributed by atoms with Gasteiger partial charge in [-0.3, -0.25) is 9.80 Å². The van der Waals surface area contributed by atoms with Crippen molar-refractivity contribution in [3.63, 3.8) is 0 Å². The number of esters is 1. The molecule has 5 heteroatoms. The second-order valence-corrected chi connectivity index (χ2v) is 6.37. The second-order valence-electron chi connectivity index (χ2n) is 6.37. The van der Waals surface area contributed by atoms with Crippen molar-refractivity contribution in [1.82, 2.24) is 9.80 Å². The van der Waals surface area contributed by atoms with Gasteiger partial charge >= 0.3 is 5.97 Å². The summed E-state index contributed by atoms with van der Waals surface area (Å²) >= 11 is 0. The molecule has 26 heavy (non-hydrogen) atoms. The van der Waals surface area contributed by atoms with Gasteiger partial charge in [-0.2, -0.15) is 0 Å². The number of rotatable bonds is 7. The monoisotopic (exact) mass is 354 g/mol. The Morgan fingerprint density at radius 2 is 1.85 bits per heavy atom. The van der Waals surface area contributed by atoms with Crippen LogP contribution in [-0.2, 0) is 11.3 Å². The minimum Gasteiger partial charge on any atom is -0.467 e. The Balaban J connectivity index is 1.45. The Morgan fingerprint density at radius 1 is 1.12 bits per heavy atom. The maximum absolute atomic E-state index is 11.9. The SMILES string of the molecule is CCOC(=O)c1ccoc1CN1CCN(C/C=C\c2ccccc2)CC1. The molecule has 2 aromatic rings. The first-order valence-electron chi connectivity index (χ1n) is 9.16. The van der Waals surface area contributed by atoms with Gasteiger partial charge in [-0.25, -0.2) is 4.79 Å². The number of hydrogen-bond acceptors (Lipinski definition) is 5. The third-order valence-corrected chi connectivity index (χ3v) is 4.55. The summed E-state index contributed by atoms with van der Waals surface area (Å²) in [6, 6.07) is 12.0. The Labute approximate surface area is 154 Å². The van der Waals surface area contributed by atoms with Crippen LogP contribution in [0.15, 0.2) is 53.2 Å². The van der Waals surface area contributed by atoms with Crippen LogP contribution in [0.1, 0.15) is 28.6 Å². The largest absolute Gasteiger partial charge is 0.467 e. The van der Waals surface area contributed by atoms with E-state index in [0.29, 0.717) is 24.5 Å². The van der Waals surface area contributed by atoms with Gasteiger partial charge in [0.25, 0.3) is 0 Å². The maximum Gasteiger partial charge on any atom is 0.341 e. The molecule has 0 N–H and O–H groups in total. The molecule has 0 amide bonds. The van der Waals surface area contributed by atoms with Crippen LogP contribution in [0, 0.1) is 0 Å². The van der Waals surface area contributed by atoms with Gasteiger partial charge in [0.05, 0.1) is 19.4 Å². The minimum absolute atomic E-state index is 0.305. The van der Waals surface area contributed by atoms with E-state index in [2.05, 4.69) is 46.2 Å². The van der Waals surface area contributed by atoms with Crippen LogP contribution in [0.2, 0.25) is 0 Å². The van der Waals surface area contributed by atoms with E-state index in [-0.39, 0.29) is 5.97 Å². The third-order valence-electron chi connectivity index (χ3n) is 4.55. The smallest absolute Gasteiger partial charge is 0.341 e. The lowest BCUT2D eigenvalue weighted by Crippen LogP contribution is -2.45. The molecule has 1 saturated heterocycles. The normalized spacial score (nSPS) is 16.2. The van der Waals surface area contributed by atoms with Crippen LogP contribution in [0.3, 0.4) is 0 Å². The molecule has 1 aromatic heterocycles. The average molecular weight is 354 g/mol. The molecule has 138 valence electrons. The summed E-state index contributed by atoms with van der Waals surface area (Å²) in [6.07, 6.45) is 5.95. The predicted molar refractivity (Wildman–Crippen MR) is 102 cm³/mol. The van der Waals surface area contributed by atoms with Crippen molar-refractivity contribution in [3.05, 3.63) is 65.6 Å². The van der Waals surface area contributed by atoms with Crippen LogP contribution in [0.5, 0.6) is 0 Å². The molecule has 0 saturated carbocycles. The van der Waals surface area contributed by atoms with E-state index < -0.39 is 0 Å². The molecule has 0 aliphatic carbocycles. The van der Waals surface area contributed by atoms with E-state index in [1.54, 1.807) is 12.3 Å². The van der Waals surface area contributed by atoms with Crippen molar-refractivity contribution in [2.45, 2.75) is 13.5 Å². The number of piperazine rings is 1. The number of ether oxygens (including phenoxy) is 1. The number of benzene rings is 1. The summed E-state index contributed by atoms with van der Waals surface area (Å²) in [5, 5.41) is 0. The lowest BCUT2D eigenvalue weighted by Gasteiger charge is -2.33. The molecule has 0 spiro atoms. The molecule has 0 atom stereocenters. The molecule has 1 aliphatic rings. The zero-order chi connectivity index (χ0) is 18.2. The molecule has 1 aromatic carbocycles. The van der Waals surface area contributed by atoms with E-state index in [1.807, 2.05) is 13.0 Å². The van der Waals surface area contributed by atoms with Crippen LogP contribution in [0.25, 0.3) is 6.08 Å². The van der Waals surface area contributed by atoms with Crippen molar-refractivity contribution >= 4 is 12.0 Å². The van der Waals surface area contributed by atoms with Crippen LogP contribution >= 0.6 is 0 Å². The molecular formula is C21H26N2O3. The molecule has 2 heterocycles. The Bertz CT molecular complexity index is 716. The topological polar surface area (TPSA) is 45.9 Å². The van der Waals surface area contributed by atoms with E-state index in [9.17, 15) is 4.79 Å². The van der Waals surface area contributed by atoms with Gasteiger partial charge in [-0.1, -0.05) is 42.5 Å². The fourth-order valence-electron chi connectivity index (χ4n) is 3.09. The van der Waals surface area contributed by atoms with E-state index in [0.717, 1.165) is 32.7 Å². The van der Waals surface area contributed by atoms with Gasteiger partial charge in [-0.15, -0.1) is 0 Å². The Hall–Kier alpha value is -2.37. The summed E-state index contributed by atoms with van der Waals surface area (Å²) in [6.45, 7) is 7.72. The molecular weight excluding hydrogens is 328 g/mol. The zero-order valence-corrected chi connectivity index (χ0v) is 15.3. The summed E-state index contributed by atoms with van der Waals surface area (Å²) in [7, 11) is 0. The standard InChI is InChI=1S/C21H26N2O3/c1-2-25-21(24)19-10-16-26-20(19)17-23-14-12-22(13-15-23)11-6-9-18-7-4-3-5-8-18/h3-10,16H,2,11-15,17H2,1H3/b9-6-. The van der Waals surface area contributed by atoms with Gasteiger partial charge in [0, 0.05) is 32.7 Å². The zero-order valence-electron chi connectivity index (χ0n) is 15.3. The first-order chi connectivity index (χ1) is 12.8. The maximum atomic E-state index is 11.9. The van der Waals surface area contributed by atoms with Crippen molar-refractivity contribution in [2.75, 3.05) is 39.3 Å². The number of hydrogen-bond donors (Lipinski definition) is 0. The van der Waals surface area contributed by atoms with Crippen molar-refractivity contribution < 1.29 is 13.9 Å². The van der Waals surface area contributed by atoms with E-state index in [1.165, 1.54) is 5.56 Å². The van der Waals surface area contributed by atoms with Gasteiger partial charge in [0.1, 0.15) is 11.3 Å². The average Bonchev–Trinajstić information content (AvgIpc) is 3.12. The molecule has 0 bridgehead atoms. The van der Waals surface area contributed by atoms with Crippen LogP contribution < -0.4 is 0 Å². The summed E-state index contributed by atoms with van der Waals surface area (Å²) < 4.78 is 10.6. The highest BCUT2D eigenvalue weighted by Gasteiger charge is 2.21. The fraction of sp³-hybridized carbons (Fsp3) is 0.381. The van der Waals surface area contributed by atoms with Crippen LogP contribution in [-0.4, -0.2) is 55.1 Å². The molecule has 3 rings (SSSR count). The third kappa shape index (κ3) is 5.07. The number of carbonyl (C=O) groups is 1. The minimum atomic E-state index is -0.305. The summed E-state index contributed by atoms with van der Waals surface area (Å²) in [5.74, 6) is 0.391. The van der Waals surface area contributed by atoms with Crippen molar-refractivity contribution in [2.24, 2.45) is 0 Å². The van der Waals surface area contributed by atoms with Gasteiger partial charge in [-0.05, 0) is 18.6 Å². The fourth-order valence-corrected chi connectivity index (χ4v) is 3.09. The van der Waals surface area contributed by atoms with Gasteiger partial charge in [0.2, 0.25) is 0 Å². The van der Waals surface area contributed by atoms with E-state index in [4.69, 9.17) is 9.15 Å². The Morgan fingerprint density at radius 3 is 2.58 bits per heavy atom. The number of nitrogens with zero attached hydrogens (tertiary/aromatic N) is 2. The molecule has 5 nitrogen and oxygen atoms in total. The summed E-state index contributed by atoms with van der Waals surface area (Å²) in [5.41, 5.74) is 1.77. The van der Waals surface area contributed by atoms with Crippen molar-refractivity contribution in [3.8, 4) is 0 Å². The lowest BCUT2D eigenvalue weighted by atomic mass is 10.2. The van der Waals surface area contributed by atoms with Gasteiger partial charge < -0.3 is 9.15 Å². The first-order valence-corrected chi connectivity index (χ1v) is 9.16. The van der Waals surface area contributed by atoms with Crippen molar-refractivity contribution in [1.29, 1.82) is 0 Å². The van der Waals surface area contributed by atoms with E-state index >= 15 is 0 Å². The Kier molecular flexibility index (Phi) is 6.63. The summed E-state index contributed by atoms with van der Waals surface area (Å²) in [4.78, 5) is 16.7.